The second kappa shape index (κ2) is 8.38. The first-order valence-electron chi connectivity index (χ1n) is 10.9. The number of nitrogens with one attached hydrogen (secondary N) is 1. The van der Waals surface area contributed by atoms with Gasteiger partial charge in [0.15, 0.2) is 0 Å². The van der Waals surface area contributed by atoms with Crippen molar-refractivity contribution in [1.29, 1.82) is 0 Å². The van der Waals surface area contributed by atoms with E-state index in [0.29, 0.717) is 12.5 Å². The number of benzene rings is 2. The Morgan fingerprint density at radius 1 is 1.06 bits per heavy atom. The number of amides is 1. The molecule has 1 saturated heterocycles. The molecule has 0 saturated carbocycles. The lowest BCUT2D eigenvalue weighted by Gasteiger charge is -2.37. The first kappa shape index (κ1) is 19.5. The molecule has 5 rings (SSSR count). The summed E-state index contributed by atoms with van der Waals surface area (Å²) in [6, 6.07) is 18.8. The van der Waals surface area contributed by atoms with Gasteiger partial charge in [-0.1, -0.05) is 36.4 Å². The Morgan fingerprint density at radius 3 is 2.65 bits per heavy atom. The predicted molar refractivity (Wildman–Crippen MR) is 123 cm³/mol. The molecule has 2 aromatic carbocycles. The summed E-state index contributed by atoms with van der Waals surface area (Å²) in [5.41, 5.74) is 2.11. The van der Waals surface area contributed by atoms with E-state index in [-0.39, 0.29) is 5.91 Å². The van der Waals surface area contributed by atoms with Crippen molar-refractivity contribution < 1.29 is 9.53 Å². The van der Waals surface area contributed by atoms with Crippen LogP contribution in [-0.2, 0) is 11.2 Å². The number of fused-ring (bicyclic) bond motifs is 1. The van der Waals surface area contributed by atoms with Crippen LogP contribution in [0.1, 0.15) is 18.4 Å². The molecule has 0 bridgehead atoms. The highest BCUT2D eigenvalue weighted by molar-refractivity contribution is 5.84. The SMILES string of the molecule is COc1ccccc1CC(=O)N1CCC(N2C=CN(c3cc4ccccc4[nH]3)C2)CC1. The third-order valence-electron chi connectivity index (χ3n) is 6.40. The molecular weight excluding hydrogens is 388 g/mol. The molecular formula is C25H28N4O2. The normalized spacial score (nSPS) is 17.0. The summed E-state index contributed by atoms with van der Waals surface area (Å²) in [5.74, 6) is 2.08. The number of ether oxygens (including phenoxy) is 1. The minimum absolute atomic E-state index is 0.180. The van der Waals surface area contributed by atoms with E-state index < -0.39 is 0 Å². The molecule has 1 aromatic heterocycles. The number of rotatable bonds is 5. The molecule has 6 heteroatoms. The number of aromatic nitrogens is 1. The van der Waals surface area contributed by atoms with E-state index in [1.807, 2.05) is 29.2 Å². The van der Waals surface area contributed by atoms with Crippen LogP contribution in [0.4, 0.5) is 5.82 Å². The molecule has 1 fully saturated rings. The minimum Gasteiger partial charge on any atom is -0.496 e. The largest absolute Gasteiger partial charge is 0.496 e. The molecule has 0 aliphatic carbocycles. The fraction of sp³-hybridized carbons (Fsp3) is 0.320. The number of hydrogen-bond acceptors (Lipinski definition) is 4. The van der Waals surface area contributed by atoms with Gasteiger partial charge in [-0.2, -0.15) is 0 Å². The third kappa shape index (κ3) is 3.98. The molecule has 2 aliphatic heterocycles. The van der Waals surface area contributed by atoms with Crippen LogP contribution in [0.2, 0.25) is 0 Å². The van der Waals surface area contributed by atoms with Gasteiger partial charge in [-0.25, -0.2) is 0 Å². The van der Waals surface area contributed by atoms with E-state index in [1.165, 1.54) is 5.39 Å². The number of H-pyrrole nitrogens is 1. The number of nitrogens with zero attached hydrogens (tertiary/aromatic N) is 3. The molecule has 6 nitrogen and oxygen atoms in total. The van der Waals surface area contributed by atoms with Crippen LogP contribution in [0.3, 0.4) is 0 Å². The zero-order chi connectivity index (χ0) is 21.2. The second-order valence-corrected chi connectivity index (χ2v) is 8.27. The summed E-state index contributed by atoms with van der Waals surface area (Å²) >= 11 is 0. The summed E-state index contributed by atoms with van der Waals surface area (Å²) in [6.45, 7) is 2.44. The van der Waals surface area contributed by atoms with Crippen molar-refractivity contribution in [3.8, 4) is 5.75 Å². The van der Waals surface area contributed by atoms with Crippen molar-refractivity contribution in [3.63, 3.8) is 0 Å². The molecule has 31 heavy (non-hydrogen) atoms. The highest BCUT2D eigenvalue weighted by Crippen LogP contribution is 2.27. The van der Waals surface area contributed by atoms with Crippen molar-refractivity contribution >= 4 is 22.6 Å². The lowest BCUT2D eigenvalue weighted by molar-refractivity contribution is -0.131. The van der Waals surface area contributed by atoms with Gasteiger partial charge < -0.3 is 24.4 Å². The van der Waals surface area contributed by atoms with E-state index >= 15 is 0 Å². The van der Waals surface area contributed by atoms with Gasteiger partial charge in [0.2, 0.25) is 5.91 Å². The Hall–Kier alpha value is -3.41. The van der Waals surface area contributed by atoms with Gasteiger partial charge in [0.25, 0.3) is 0 Å². The number of hydrogen-bond donors (Lipinski definition) is 1. The smallest absolute Gasteiger partial charge is 0.227 e. The van der Waals surface area contributed by atoms with Crippen LogP contribution < -0.4 is 9.64 Å². The van der Waals surface area contributed by atoms with Crippen molar-refractivity contribution in [1.82, 2.24) is 14.8 Å². The van der Waals surface area contributed by atoms with Gasteiger partial charge in [0.05, 0.1) is 20.2 Å². The topological polar surface area (TPSA) is 51.8 Å². The number of para-hydroxylation sites is 2. The van der Waals surface area contributed by atoms with Gasteiger partial charge in [-0.05, 0) is 31.0 Å². The predicted octanol–water partition coefficient (Wildman–Crippen LogP) is 3.96. The number of carbonyl (C=O) groups is 1. The van der Waals surface area contributed by atoms with Crippen molar-refractivity contribution in [2.45, 2.75) is 25.3 Å². The number of carbonyl (C=O) groups excluding carboxylic acids is 1. The molecule has 0 unspecified atom stereocenters. The van der Waals surface area contributed by atoms with E-state index in [0.717, 1.165) is 55.2 Å². The Bertz CT molecular complexity index is 1060. The summed E-state index contributed by atoms with van der Waals surface area (Å²) in [6.07, 6.45) is 6.70. The summed E-state index contributed by atoms with van der Waals surface area (Å²) in [5, 5.41) is 1.23. The monoisotopic (exact) mass is 416 g/mol. The van der Waals surface area contributed by atoms with Crippen LogP contribution in [0.5, 0.6) is 5.75 Å². The van der Waals surface area contributed by atoms with Crippen LogP contribution in [0, 0.1) is 0 Å². The average molecular weight is 417 g/mol. The summed E-state index contributed by atoms with van der Waals surface area (Å²) < 4.78 is 5.39. The van der Waals surface area contributed by atoms with E-state index in [2.05, 4.69) is 57.5 Å². The van der Waals surface area contributed by atoms with Crippen LogP contribution in [0.25, 0.3) is 10.9 Å². The van der Waals surface area contributed by atoms with Gasteiger partial charge >= 0.3 is 0 Å². The highest BCUT2D eigenvalue weighted by atomic mass is 16.5. The molecule has 1 amide bonds. The van der Waals surface area contributed by atoms with Crippen molar-refractivity contribution in [3.05, 3.63) is 72.6 Å². The van der Waals surface area contributed by atoms with Crippen LogP contribution in [0.15, 0.2) is 67.0 Å². The fourth-order valence-corrected chi connectivity index (χ4v) is 4.61. The van der Waals surface area contributed by atoms with Crippen molar-refractivity contribution in [2.24, 2.45) is 0 Å². The van der Waals surface area contributed by atoms with Gasteiger partial charge in [0, 0.05) is 48.0 Å². The zero-order valence-electron chi connectivity index (χ0n) is 17.8. The minimum atomic E-state index is 0.180. The number of aromatic amines is 1. The van der Waals surface area contributed by atoms with Crippen molar-refractivity contribution in [2.75, 3.05) is 31.8 Å². The van der Waals surface area contributed by atoms with Crippen LogP contribution in [-0.4, -0.2) is 53.6 Å². The van der Waals surface area contributed by atoms with Gasteiger partial charge in [-0.3, -0.25) is 4.79 Å². The molecule has 0 radical (unpaired) electrons. The highest BCUT2D eigenvalue weighted by Gasteiger charge is 2.28. The lowest BCUT2D eigenvalue weighted by Crippen LogP contribution is -2.46. The average Bonchev–Trinajstić information content (AvgIpc) is 3.47. The number of piperidine rings is 1. The molecule has 0 spiro atoms. The second-order valence-electron chi connectivity index (χ2n) is 8.27. The first-order valence-corrected chi connectivity index (χ1v) is 10.9. The maximum absolute atomic E-state index is 12.8. The maximum Gasteiger partial charge on any atom is 0.227 e. The standard InChI is InChI=1S/C25H28N4O2/c1-31-23-9-5-3-7-20(23)17-25(30)27-12-10-21(11-13-27)28-14-15-29(18-28)24-16-19-6-2-4-8-22(19)26-24/h2-9,14-16,21,26H,10-13,17-18H2,1H3. The first-order chi connectivity index (χ1) is 15.2. The Morgan fingerprint density at radius 2 is 1.84 bits per heavy atom. The summed E-state index contributed by atoms with van der Waals surface area (Å²) in [4.78, 5) is 23.0. The zero-order valence-corrected chi connectivity index (χ0v) is 17.8. The molecule has 3 heterocycles. The Labute approximate surface area is 182 Å². The fourth-order valence-electron chi connectivity index (χ4n) is 4.61. The molecule has 1 N–H and O–H groups in total. The number of likely N-dealkylation sites (tertiary alicyclic amines) is 1. The third-order valence-corrected chi connectivity index (χ3v) is 6.40. The van der Waals surface area contributed by atoms with Gasteiger partial charge in [0.1, 0.15) is 11.6 Å². The molecule has 0 atom stereocenters. The Kier molecular flexibility index (Phi) is 5.28. The maximum atomic E-state index is 12.8. The quantitative estimate of drug-likeness (QED) is 0.684. The number of anilines is 1. The van der Waals surface area contributed by atoms with E-state index in [9.17, 15) is 4.79 Å². The van der Waals surface area contributed by atoms with E-state index in [1.54, 1.807) is 7.11 Å². The lowest BCUT2D eigenvalue weighted by atomic mass is 10.0. The van der Waals surface area contributed by atoms with Gasteiger partial charge in [-0.15, -0.1) is 0 Å². The van der Waals surface area contributed by atoms with Crippen LogP contribution >= 0.6 is 0 Å². The summed E-state index contributed by atoms with van der Waals surface area (Å²) in [7, 11) is 1.65. The molecule has 3 aromatic rings. The van der Waals surface area contributed by atoms with E-state index in [4.69, 9.17) is 4.74 Å². The number of methoxy groups -OCH3 is 1. The molecule has 2 aliphatic rings. The molecule has 160 valence electrons. The Balaban J connectivity index is 1.16.